The van der Waals surface area contributed by atoms with E-state index in [0.29, 0.717) is 18.9 Å². The standard InChI is InChI=1S/C37H43N3O5S2/c1-5-24-38-37(42)34(25-29-15-8-7-9-16-29)39(26-30-17-11-10-14-28(30)3)36(41)27-40(33-18-12-13-19-35(33)45-6-2)47(43,44)32-22-20-31(46-4)21-23-32/h7-23,34H,5-6,24-27H2,1-4H3,(H,38,42)/t34-/m1/s1. The number of carbonyl (C=O) groups is 2. The highest BCUT2D eigenvalue weighted by Gasteiger charge is 2.35. The summed E-state index contributed by atoms with van der Waals surface area (Å²) < 4.78 is 35.8. The Morgan fingerprint density at radius 2 is 1.53 bits per heavy atom. The third kappa shape index (κ3) is 9.17. The molecule has 0 aromatic heterocycles. The molecule has 0 radical (unpaired) electrons. The van der Waals surface area contributed by atoms with Gasteiger partial charge in [0, 0.05) is 24.4 Å². The number of hydrogen-bond donors (Lipinski definition) is 1. The lowest BCUT2D eigenvalue weighted by molar-refractivity contribution is -0.140. The fourth-order valence-corrected chi connectivity index (χ4v) is 7.05. The molecule has 4 aromatic carbocycles. The molecule has 0 spiro atoms. The van der Waals surface area contributed by atoms with Gasteiger partial charge in [-0.2, -0.15) is 0 Å². The zero-order valence-corrected chi connectivity index (χ0v) is 29.0. The largest absolute Gasteiger partial charge is 0.492 e. The van der Waals surface area contributed by atoms with Crippen LogP contribution in [0, 0.1) is 6.92 Å². The van der Waals surface area contributed by atoms with Crippen molar-refractivity contribution in [3.63, 3.8) is 0 Å². The number of sulfonamides is 1. The summed E-state index contributed by atoms with van der Waals surface area (Å²) in [5.41, 5.74) is 2.94. The molecule has 4 rings (SSSR count). The molecule has 0 bridgehead atoms. The number of thioether (sulfide) groups is 1. The Bertz CT molecular complexity index is 1730. The van der Waals surface area contributed by atoms with Crippen molar-refractivity contribution in [2.75, 3.05) is 30.3 Å². The van der Waals surface area contributed by atoms with Crippen molar-refractivity contribution in [2.45, 2.75) is 56.0 Å². The minimum Gasteiger partial charge on any atom is -0.492 e. The second-order valence-electron chi connectivity index (χ2n) is 11.0. The van der Waals surface area contributed by atoms with Gasteiger partial charge in [0.15, 0.2) is 0 Å². The number of carbonyl (C=O) groups excluding carboxylic acids is 2. The summed E-state index contributed by atoms with van der Waals surface area (Å²) in [6.07, 6.45) is 2.90. The highest BCUT2D eigenvalue weighted by atomic mass is 32.2. The zero-order chi connectivity index (χ0) is 33.8. The number of nitrogens with one attached hydrogen (secondary N) is 1. The van der Waals surface area contributed by atoms with E-state index in [0.717, 1.165) is 32.3 Å². The third-order valence-corrected chi connectivity index (χ3v) is 10.3. The molecular formula is C37H43N3O5S2. The van der Waals surface area contributed by atoms with Gasteiger partial charge in [0.1, 0.15) is 18.3 Å². The van der Waals surface area contributed by atoms with Crippen LogP contribution in [0.25, 0.3) is 0 Å². The number of ether oxygens (including phenoxy) is 1. The minimum atomic E-state index is -4.25. The average molecular weight is 674 g/mol. The van der Waals surface area contributed by atoms with Crippen LogP contribution in [0.5, 0.6) is 5.75 Å². The lowest BCUT2D eigenvalue weighted by Gasteiger charge is -2.34. The van der Waals surface area contributed by atoms with E-state index in [2.05, 4.69) is 5.32 Å². The number of anilines is 1. The summed E-state index contributed by atoms with van der Waals surface area (Å²) >= 11 is 1.50. The van der Waals surface area contributed by atoms with Gasteiger partial charge in [0.05, 0.1) is 17.2 Å². The Hall–Kier alpha value is -4.28. The molecule has 248 valence electrons. The number of amides is 2. The van der Waals surface area contributed by atoms with Crippen LogP contribution in [0.2, 0.25) is 0 Å². The molecule has 2 amide bonds. The van der Waals surface area contributed by atoms with E-state index < -0.39 is 28.5 Å². The van der Waals surface area contributed by atoms with Crippen LogP contribution in [0.4, 0.5) is 5.69 Å². The van der Waals surface area contributed by atoms with Gasteiger partial charge in [0.25, 0.3) is 10.0 Å². The van der Waals surface area contributed by atoms with Crippen molar-refractivity contribution in [1.82, 2.24) is 10.2 Å². The molecule has 0 saturated carbocycles. The smallest absolute Gasteiger partial charge is 0.264 e. The lowest BCUT2D eigenvalue weighted by atomic mass is 10.0. The van der Waals surface area contributed by atoms with Crippen LogP contribution in [0.15, 0.2) is 113 Å². The number of benzene rings is 4. The van der Waals surface area contributed by atoms with Gasteiger partial charge in [-0.15, -0.1) is 11.8 Å². The van der Waals surface area contributed by atoms with E-state index in [-0.39, 0.29) is 29.5 Å². The van der Waals surface area contributed by atoms with Crippen molar-refractivity contribution in [3.8, 4) is 5.75 Å². The van der Waals surface area contributed by atoms with Gasteiger partial charge in [-0.05, 0) is 79.6 Å². The maximum Gasteiger partial charge on any atom is 0.264 e. The van der Waals surface area contributed by atoms with E-state index in [1.165, 1.54) is 16.7 Å². The molecule has 0 aliphatic rings. The molecule has 0 unspecified atom stereocenters. The van der Waals surface area contributed by atoms with Gasteiger partial charge in [-0.3, -0.25) is 13.9 Å². The van der Waals surface area contributed by atoms with E-state index >= 15 is 0 Å². The quantitative estimate of drug-likeness (QED) is 0.137. The van der Waals surface area contributed by atoms with Crippen molar-refractivity contribution >= 4 is 39.3 Å². The van der Waals surface area contributed by atoms with Gasteiger partial charge < -0.3 is 15.0 Å². The number of rotatable bonds is 16. The molecule has 0 aliphatic heterocycles. The first-order valence-electron chi connectivity index (χ1n) is 15.7. The van der Waals surface area contributed by atoms with Crippen LogP contribution in [0.1, 0.15) is 37.0 Å². The lowest BCUT2D eigenvalue weighted by Crippen LogP contribution is -2.53. The Labute approximate surface area is 283 Å². The van der Waals surface area contributed by atoms with E-state index in [1.807, 2.05) is 81.6 Å². The first-order chi connectivity index (χ1) is 22.7. The second kappa shape index (κ2) is 17.0. The molecule has 0 heterocycles. The number of para-hydroxylation sites is 2. The van der Waals surface area contributed by atoms with E-state index in [1.54, 1.807) is 48.5 Å². The average Bonchev–Trinajstić information content (AvgIpc) is 3.09. The van der Waals surface area contributed by atoms with Crippen molar-refractivity contribution in [1.29, 1.82) is 0 Å². The Morgan fingerprint density at radius 3 is 2.19 bits per heavy atom. The van der Waals surface area contributed by atoms with Crippen molar-refractivity contribution in [2.24, 2.45) is 0 Å². The molecule has 0 aliphatic carbocycles. The molecule has 0 fully saturated rings. The molecule has 1 atom stereocenters. The summed E-state index contributed by atoms with van der Waals surface area (Å²) in [7, 11) is -4.25. The van der Waals surface area contributed by atoms with Crippen LogP contribution in [0.3, 0.4) is 0 Å². The van der Waals surface area contributed by atoms with Crippen molar-refractivity contribution < 1.29 is 22.7 Å². The molecule has 10 heteroatoms. The molecule has 0 saturated heterocycles. The Balaban J connectivity index is 1.84. The van der Waals surface area contributed by atoms with Crippen LogP contribution < -0.4 is 14.4 Å². The van der Waals surface area contributed by atoms with E-state index in [9.17, 15) is 18.0 Å². The maximum absolute atomic E-state index is 14.7. The Kier molecular flexibility index (Phi) is 12.9. The second-order valence-corrected chi connectivity index (χ2v) is 13.8. The SMILES string of the molecule is CCCNC(=O)[C@@H](Cc1ccccc1)N(Cc1ccccc1C)C(=O)CN(c1ccccc1OCC)S(=O)(=O)c1ccc(SC)cc1. The van der Waals surface area contributed by atoms with Crippen molar-refractivity contribution in [3.05, 3.63) is 120 Å². The van der Waals surface area contributed by atoms with Crippen LogP contribution in [-0.4, -0.2) is 57.1 Å². The van der Waals surface area contributed by atoms with Gasteiger partial charge in [0.2, 0.25) is 11.8 Å². The van der Waals surface area contributed by atoms with Gasteiger partial charge in [-0.1, -0.05) is 73.7 Å². The first-order valence-corrected chi connectivity index (χ1v) is 18.4. The first kappa shape index (κ1) is 35.6. The number of nitrogens with zero attached hydrogens (tertiary/aromatic N) is 2. The normalized spacial score (nSPS) is 11.8. The van der Waals surface area contributed by atoms with E-state index in [4.69, 9.17) is 4.74 Å². The van der Waals surface area contributed by atoms with Gasteiger partial charge >= 0.3 is 0 Å². The number of aryl methyl sites for hydroxylation is 1. The fourth-order valence-electron chi connectivity index (χ4n) is 5.22. The molecule has 8 nitrogen and oxygen atoms in total. The van der Waals surface area contributed by atoms with Gasteiger partial charge in [-0.25, -0.2) is 8.42 Å². The summed E-state index contributed by atoms with van der Waals surface area (Å²) in [6, 6.07) is 29.7. The number of hydrogen-bond acceptors (Lipinski definition) is 6. The molecule has 1 N–H and O–H groups in total. The van der Waals surface area contributed by atoms with Crippen LogP contribution in [-0.2, 0) is 32.6 Å². The summed E-state index contributed by atoms with van der Waals surface area (Å²) in [4.78, 5) is 31.0. The Morgan fingerprint density at radius 1 is 0.872 bits per heavy atom. The predicted molar refractivity (Wildman–Crippen MR) is 189 cm³/mol. The third-order valence-electron chi connectivity index (χ3n) is 7.78. The van der Waals surface area contributed by atoms with Crippen LogP contribution >= 0.6 is 11.8 Å². The minimum absolute atomic E-state index is 0.0429. The topological polar surface area (TPSA) is 96.0 Å². The fraction of sp³-hybridized carbons (Fsp3) is 0.297. The molecular weight excluding hydrogens is 631 g/mol. The maximum atomic E-state index is 14.7. The summed E-state index contributed by atoms with van der Waals surface area (Å²) in [5, 5.41) is 2.98. The highest BCUT2D eigenvalue weighted by Crippen LogP contribution is 2.33. The summed E-state index contributed by atoms with van der Waals surface area (Å²) in [6.45, 7) is 6.06. The molecule has 4 aromatic rings. The molecule has 47 heavy (non-hydrogen) atoms. The highest BCUT2D eigenvalue weighted by molar-refractivity contribution is 7.98. The monoisotopic (exact) mass is 673 g/mol. The summed E-state index contributed by atoms with van der Waals surface area (Å²) in [5.74, 6) is -0.482. The zero-order valence-electron chi connectivity index (χ0n) is 27.4. The predicted octanol–water partition coefficient (Wildman–Crippen LogP) is 6.48.